The Bertz CT molecular complexity index is 368. The summed E-state index contributed by atoms with van der Waals surface area (Å²) in [6.07, 6.45) is 1.80. The largest absolute Gasteiger partial charge is 0.375 e. The fourth-order valence-electron chi connectivity index (χ4n) is 0.793. The minimum absolute atomic E-state index is 0.626. The number of thiazole rings is 2. The lowest BCUT2D eigenvalue weighted by molar-refractivity contribution is 1.23. The van der Waals surface area contributed by atoms with E-state index in [0.717, 1.165) is 15.7 Å². The Labute approximate surface area is 88.0 Å². The highest BCUT2D eigenvalue weighted by atomic mass is 32.2. The van der Waals surface area contributed by atoms with Gasteiger partial charge in [-0.3, -0.25) is 0 Å². The fourth-order valence-corrected chi connectivity index (χ4v) is 3.12. The number of hydrogen-bond donors (Lipinski definition) is 1. The molecule has 0 saturated carbocycles. The quantitative estimate of drug-likeness (QED) is 0.821. The first-order valence-corrected chi connectivity index (χ1v) is 6.30. The average Bonchev–Trinajstić information content (AvgIpc) is 2.71. The van der Waals surface area contributed by atoms with Gasteiger partial charge in [0.05, 0.1) is 21.6 Å². The van der Waals surface area contributed by atoms with Gasteiger partial charge in [0, 0.05) is 11.1 Å². The van der Waals surface area contributed by atoms with Crippen molar-refractivity contribution in [2.45, 2.75) is 9.96 Å². The van der Waals surface area contributed by atoms with Crippen molar-refractivity contribution in [1.82, 2.24) is 9.97 Å². The lowest BCUT2D eigenvalue weighted by Crippen LogP contribution is -1.77. The molecule has 0 unspecified atom stereocenters. The molecule has 0 aliphatic rings. The van der Waals surface area contributed by atoms with Gasteiger partial charge < -0.3 is 5.73 Å². The Balaban J connectivity index is 1.93. The lowest BCUT2D eigenvalue weighted by Gasteiger charge is -1.91. The third-order valence-corrected chi connectivity index (χ3v) is 4.04. The topological polar surface area (TPSA) is 51.8 Å². The van der Waals surface area contributed by atoms with E-state index in [1.54, 1.807) is 29.3 Å². The maximum absolute atomic E-state index is 5.51. The van der Waals surface area contributed by atoms with Crippen molar-refractivity contribution in [3.63, 3.8) is 0 Å². The normalized spacial score (nSPS) is 10.5. The molecule has 0 bridgehead atoms. The zero-order chi connectivity index (χ0) is 9.10. The Kier molecular flexibility index (Phi) is 2.82. The maximum atomic E-state index is 5.51. The summed E-state index contributed by atoms with van der Waals surface area (Å²) in [6, 6.07) is 0. The number of hydrogen-bond acceptors (Lipinski definition) is 6. The van der Waals surface area contributed by atoms with E-state index in [2.05, 4.69) is 15.3 Å². The minimum atomic E-state index is 0.626. The molecule has 0 saturated heterocycles. The van der Waals surface area contributed by atoms with Crippen LogP contribution >= 0.6 is 34.4 Å². The van der Waals surface area contributed by atoms with E-state index in [1.165, 1.54) is 11.3 Å². The molecule has 0 aliphatic heterocycles. The zero-order valence-corrected chi connectivity index (χ0v) is 9.09. The lowest BCUT2D eigenvalue weighted by atomic mass is 10.6. The molecule has 0 aromatic carbocycles. The minimum Gasteiger partial charge on any atom is -0.375 e. The molecule has 13 heavy (non-hydrogen) atoms. The van der Waals surface area contributed by atoms with Gasteiger partial charge >= 0.3 is 0 Å². The fraction of sp³-hybridized carbons (Fsp3) is 0.143. The first kappa shape index (κ1) is 8.98. The highest BCUT2D eigenvalue weighted by molar-refractivity contribution is 8.00. The van der Waals surface area contributed by atoms with E-state index in [0.29, 0.717) is 5.13 Å². The molecule has 0 spiro atoms. The van der Waals surface area contributed by atoms with Crippen molar-refractivity contribution in [2.75, 3.05) is 5.73 Å². The highest BCUT2D eigenvalue weighted by Gasteiger charge is 2.00. The Hall–Kier alpha value is -0.590. The molecule has 2 N–H and O–H groups in total. The van der Waals surface area contributed by atoms with Crippen LogP contribution in [0.4, 0.5) is 5.13 Å². The first-order valence-electron chi connectivity index (χ1n) is 3.56. The summed E-state index contributed by atoms with van der Waals surface area (Å²) in [5.74, 6) is 0.894. The van der Waals surface area contributed by atoms with Crippen LogP contribution in [0.25, 0.3) is 0 Å². The van der Waals surface area contributed by atoms with Crippen molar-refractivity contribution >= 4 is 39.6 Å². The van der Waals surface area contributed by atoms with Crippen molar-refractivity contribution in [2.24, 2.45) is 0 Å². The monoisotopic (exact) mass is 229 g/mol. The highest BCUT2D eigenvalue weighted by Crippen LogP contribution is 2.28. The third-order valence-electron chi connectivity index (χ3n) is 1.35. The van der Waals surface area contributed by atoms with Crippen molar-refractivity contribution in [1.29, 1.82) is 0 Å². The number of rotatable bonds is 3. The summed E-state index contributed by atoms with van der Waals surface area (Å²) in [4.78, 5) is 8.16. The van der Waals surface area contributed by atoms with Crippen LogP contribution in [0.1, 0.15) is 5.69 Å². The molecular formula is C7H7N3S3. The van der Waals surface area contributed by atoms with Crippen LogP contribution < -0.4 is 5.73 Å². The molecule has 6 heteroatoms. The van der Waals surface area contributed by atoms with Gasteiger partial charge in [0.25, 0.3) is 0 Å². The molecule has 2 aromatic rings. The second kappa shape index (κ2) is 4.08. The summed E-state index contributed by atoms with van der Waals surface area (Å²) >= 11 is 4.85. The predicted octanol–water partition coefficient (Wildman–Crippen LogP) is 2.47. The second-order valence-electron chi connectivity index (χ2n) is 2.29. The van der Waals surface area contributed by atoms with Crippen LogP contribution in [0.2, 0.25) is 0 Å². The van der Waals surface area contributed by atoms with Gasteiger partial charge in [-0.15, -0.1) is 23.1 Å². The molecule has 0 fully saturated rings. The number of nitrogens with zero attached hydrogens (tertiary/aromatic N) is 2. The van der Waals surface area contributed by atoms with E-state index in [9.17, 15) is 0 Å². The molecule has 2 rings (SSSR count). The summed E-state index contributed by atoms with van der Waals surface area (Å²) in [6.45, 7) is 0. The second-order valence-corrected chi connectivity index (χ2v) is 5.34. The smallest absolute Gasteiger partial charge is 0.181 e. The molecule has 0 atom stereocenters. The number of thioether (sulfide) groups is 1. The van der Waals surface area contributed by atoms with Gasteiger partial charge in [0.2, 0.25) is 0 Å². The summed E-state index contributed by atoms with van der Waals surface area (Å²) in [5, 5.41) is 2.68. The van der Waals surface area contributed by atoms with E-state index < -0.39 is 0 Å². The van der Waals surface area contributed by atoms with E-state index in [-0.39, 0.29) is 0 Å². The number of nitrogens with two attached hydrogens (primary N) is 1. The molecular weight excluding hydrogens is 222 g/mol. The SMILES string of the molecule is Nc1ncc(SCc2cscn2)s1. The number of aromatic nitrogens is 2. The summed E-state index contributed by atoms with van der Waals surface area (Å²) in [5.41, 5.74) is 8.47. The van der Waals surface area contributed by atoms with Crippen molar-refractivity contribution < 1.29 is 0 Å². The van der Waals surface area contributed by atoms with Crippen molar-refractivity contribution in [3.8, 4) is 0 Å². The first-order chi connectivity index (χ1) is 6.34. The Morgan fingerprint density at radius 1 is 1.46 bits per heavy atom. The third kappa shape index (κ3) is 2.43. The van der Waals surface area contributed by atoms with Gasteiger partial charge in [0.1, 0.15) is 0 Å². The predicted molar refractivity (Wildman–Crippen MR) is 58.2 cm³/mol. The molecule has 0 amide bonds. The summed E-state index contributed by atoms with van der Waals surface area (Å²) < 4.78 is 1.14. The van der Waals surface area contributed by atoms with Crippen LogP contribution in [0.3, 0.4) is 0 Å². The van der Waals surface area contributed by atoms with Gasteiger partial charge in [-0.05, 0) is 0 Å². The van der Waals surface area contributed by atoms with Gasteiger partial charge in [0.15, 0.2) is 5.13 Å². The van der Waals surface area contributed by atoms with Gasteiger partial charge in [-0.2, -0.15) is 0 Å². The zero-order valence-electron chi connectivity index (χ0n) is 6.64. The molecule has 2 heterocycles. The molecule has 68 valence electrons. The van der Waals surface area contributed by atoms with Crippen LogP contribution in [-0.2, 0) is 5.75 Å². The molecule has 0 aliphatic carbocycles. The standard InChI is InChI=1S/C7H7N3S3/c8-7-9-1-6(13-7)12-3-5-2-11-4-10-5/h1-2,4H,3H2,(H2,8,9). The van der Waals surface area contributed by atoms with Gasteiger partial charge in [-0.25, -0.2) is 9.97 Å². The molecule has 2 aromatic heterocycles. The summed E-state index contributed by atoms with van der Waals surface area (Å²) in [7, 11) is 0. The van der Waals surface area contributed by atoms with E-state index in [1.807, 2.05) is 5.51 Å². The molecule has 3 nitrogen and oxygen atoms in total. The average molecular weight is 229 g/mol. The Morgan fingerprint density at radius 3 is 3.00 bits per heavy atom. The van der Waals surface area contributed by atoms with Gasteiger partial charge in [-0.1, -0.05) is 11.3 Å². The maximum Gasteiger partial charge on any atom is 0.181 e. The van der Waals surface area contributed by atoms with E-state index in [4.69, 9.17) is 5.73 Å². The molecule has 0 radical (unpaired) electrons. The Morgan fingerprint density at radius 2 is 2.38 bits per heavy atom. The van der Waals surface area contributed by atoms with Crippen LogP contribution in [0.5, 0.6) is 0 Å². The van der Waals surface area contributed by atoms with Crippen molar-refractivity contribution in [3.05, 3.63) is 22.8 Å². The van der Waals surface area contributed by atoms with E-state index >= 15 is 0 Å². The number of anilines is 1. The van der Waals surface area contributed by atoms with Crippen LogP contribution in [0, 0.1) is 0 Å². The number of nitrogen functional groups attached to an aromatic ring is 1. The van der Waals surface area contributed by atoms with Crippen LogP contribution in [0.15, 0.2) is 21.3 Å². The van der Waals surface area contributed by atoms with Crippen LogP contribution in [-0.4, -0.2) is 9.97 Å².